The summed E-state index contributed by atoms with van der Waals surface area (Å²) in [4.78, 5) is 47.1. The van der Waals surface area contributed by atoms with Crippen LogP contribution in [0.1, 0.15) is 102 Å². The Labute approximate surface area is 241 Å². The van der Waals surface area contributed by atoms with Crippen molar-refractivity contribution in [3.8, 4) is 22.8 Å². The molecule has 1 atom stereocenters. The van der Waals surface area contributed by atoms with E-state index >= 15 is 0 Å². The van der Waals surface area contributed by atoms with Crippen molar-refractivity contribution in [2.75, 3.05) is 13.2 Å². The fourth-order valence-electron chi connectivity index (χ4n) is 5.02. The van der Waals surface area contributed by atoms with Crippen LogP contribution in [0.2, 0.25) is 0 Å². The van der Waals surface area contributed by atoms with Crippen molar-refractivity contribution in [3.05, 3.63) is 50.7 Å². The third kappa shape index (κ3) is 8.65. The summed E-state index contributed by atoms with van der Waals surface area (Å²) in [7, 11) is 0. The van der Waals surface area contributed by atoms with E-state index in [0.717, 1.165) is 44.1 Å². The van der Waals surface area contributed by atoms with Gasteiger partial charge in [0, 0.05) is 35.6 Å². The molecule has 0 radical (unpaired) electrons. The number of unbranched alkanes of at least 4 members (excludes halogenated alkanes) is 5. The van der Waals surface area contributed by atoms with Gasteiger partial charge >= 0.3 is 12.0 Å². The number of amides is 2. The molecular formula is C31H43N3O7. The summed E-state index contributed by atoms with van der Waals surface area (Å²) in [6, 6.07) is 4.66. The molecule has 0 spiro atoms. The predicted octanol–water partition coefficient (Wildman–Crippen LogP) is 6.51. The van der Waals surface area contributed by atoms with Gasteiger partial charge in [0.05, 0.1) is 12.3 Å². The van der Waals surface area contributed by atoms with E-state index < -0.39 is 16.9 Å². The number of nitrogens with one attached hydrogen (secondary N) is 1. The third-order valence-electron chi connectivity index (χ3n) is 7.10. The van der Waals surface area contributed by atoms with Crippen molar-refractivity contribution < 1.29 is 24.2 Å². The molecule has 1 aliphatic heterocycles. The monoisotopic (exact) mass is 569 g/mol. The van der Waals surface area contributed by atoms with Crippen molar-refractivity contribution in [1.82, 2.24) is 9.88 Å². The maximum atomic E-state index is 12.6. The van der Waals surface area contributed by atoms with Crippen LogP contribution < -0.4 is 15.5 Å². The molecule has 2 amide bonds. The standard InChI is InChI=1S/C31H43N3O7/c1-30(2,3)27-16-20-15-26(40-14-12-10-8-7-9-11-13-32-29(38)41-31(4,5)6)25(36)17-21(20)23-18-24(35)22(19-34(23)27)28(37)33-39/h15,17-19,27,36H,7-14,16H2,1-6H3,(H,32,38)/t27-/m1/s1. The highest BCUT2D eigenvalue weighted by atomic mass is 16.6. The molecule has 10 heteroatoms. The second kappa shape index (κ2) is 13.3. The van der Waals surface area contributed by atoms with Crippen LogP contribution in [0.4, 0.5) is 4.79 Å². The number of hydrogen-bond donors (Lipinski definition) is 2. The van der Waals surface area contributed by atoms with Crippen LogP contribution in [-0.4, -0.2) is 40.4 Å². The highest BCUT2D eigenvalue weighted by molar-refractivity contribution is 5.94. The van der Waals surface area contributed by atoms with Gasteiger partial charge < -0.3 is 24.5 Å². The smallest absolute Gasteiger partial charge is 0.407 e. The number of aromatic hydroxyl groups is 1. The first-order valence-corrected chi connectivity index (χ1v) is 14.3. The lowest BCUT2D eigenvalue weighted by Crippen LogP contribution is -2.32. The van der Waals surface area contributed by atoms with Crippen molar-refractivity contribution in [3.63, 3.8) is 0 Å². The minimum absolute atomic E-state index is 0.0239. The van der Waals surface area contributed by atoms with E-state index in [-0.39, 0.29) is 28.9 Å². The first-order valence-electron chi connectivity index (χ1n) is 14.3. The van der Waals surface area contributed by atoms with Gasteiger partial charge in [-0.1, -0.05) is 46.5 Å². The number of carbonyl (C=O) groups excluding carboxylic acids is 2. The maximum absolute atomic E-state index is 12.6. The lowest BCUT2D eigenvalue weighted by Gasteiger charge is -2.39. The van der Waals surface area contributed by atoms with Gasteiger partial charge in [-0.3, -0.25) is 9.59 Å². The Morgan fingerprint density at radius 1 is 1.02 bits per heavy atom. The fraction of sp³-hybridized carbons (Fsp3) is 0.581. The van der Waals surface area contributed by atoms with Crippen molar-refractivity contribution in [2.24, 2.45) is 10.6 Å². The van der Waals surface area contributed by atoms with E-state index in [0.29, 0.717) is 36.6 Å². The molecule has 224 valence electrons. The topological polar surface area (TPSA) is 136 Å². The molecule has 0 fully saturated rings. The molecule has 1 aromatic carbocycles. The van der Waals surface area contributed by atoms with Crippen molar-refractivity contribution in [1.29, 1.82) is 0 Å². The Kier molecular flexibility index (Phi) is 10.3. The van der Waals surface area contributed by atoms with E-state index in [4.69, 9.17) is 9.47 Å². The maximum Gasteiger partial charge on any atom is 0.407 e. The number of rotatable bonds is 11. The average Bonchev–Trinajstić information content (AvgIpc) is 2.87. The van der Waals surface area contributed by atoms with Crippen molar-refractivity contribution >= 4 is 12.0 Å². The van der Waals surface area contributed by atoms with E-state index in [2.05, 4.69) is 31.3 Å². The second-order valence-electron chi connectivity index (χ2n) is 12.7. The number of fused-ring (bicyclic) bond motifs is 3. The molecule has 2 N–H and O–H groups in total. The molecule has 0 saturated heterocycles. The van der Waals surface area contributed by atoms with Gasteiger partial charge in [0.2, 0.25) is 0 Å². The van der Waals surface area contributed by atoms with E-state index in [1.165, 1.54) is 12.3 Å². The lowest BCUT2D eigenvalue weighted by molar-refractivity contribution is 0.0526. The van der Waals surface area contributed by atoms with Gasteiger partial charge in [-0.25, -0.2) is 4.79 Å². The largest absolute Gasteiger partial charge is 0.504 e. The number of phenolic OH excluding ortho intramolecular Hbond substituents is 1. The number of carbonyl (C=O) groups is 2. The lowest BCUT2D eigenvalue weighted by atomic mass is 9.78. The molecule has 0 aliphatic carbocycles. The number of nitrogens with zero attached hydrogens (tertiary/aromatic N) is 2. The zero-order valence-corrected chi connectivity index (χ0v) is 25.0. The summed E-state index contributed by atoms with van der Waals surface area (Å²) in [6.07, 6.45) is 7.48. The summed E-state index contributed by atoms with van der Waals surface area (Å²) in [6.45, 7) is 12.8. The van der Waals surface area contributed by atoms with Crippen LogP contribution in [0.3, 0.4) is 0 Å². The molecule has 10 nitrogen and oxygen atoms in total. The molecule has 0 bridgehead atoms. The van der Waals surface area contributed by atoms with E-state index in [9.17, 15) is 24.4 Å². The van der Waals surface area contributed by atoms with Crippen LogP contribution >= 0.6 is 0 Å². The number of nitroso groups, excluding NO2 is 1. The van der Waals surface area contributed by atoms with Crippen molar-refractivity contribution in [2.45, 2.75) is 98.1 Å². The molecule has 0 saturated carbocycles. The van der Waals surface area contributed by atoms with Crippen LogP contribution in [0.25, 0.3) is 11.3 Å². The van der Waals surface area contributed by atoms with Crippen LogP contribution in [0, 0.1) is 10.3 Å². The zero-order chi connectivity index (χ0) is 30.4. The number of aromatic nitrogens is 1. The summed E-state index contributed by atoms with van der Waals surface area (Å²) >= 11 is 0. The molecule has 41 heavy (non-hydrogen) atoms. The molecule has 2 aromatic rings. The summed E-state index contributed by atoms with van der Waals surface area (Å²) in [5.74, 6) is -0.716. The Morgan fingerprint density at radius 2 is 1.68 bits per heavy atom. The van der Waals surface area contributed by atoms with E-state index in [1.54, 1.807) is 6.07 Å². The first-order chi connectivity index (χ1) is 19.2. The predicted molar refractivity (Wildman–Crippen MR) is 158 cm³/mol. The Hall–Kier alpha value is -3.69. The molecule has 1 aliphatic rings. The molecule has 1 aromatic heterocycles. The highest BCUT2D eigenvalue weighted by Crippen LogP contribution is 2.45. The molecule has 2 heterocycles. The Morgan fingerprint density at radius 3 is 2.32 bits per heavy atom. The quantitative estimate of drug-likeness (QED) is 0.232. The van der Waals surface area contributed by atoms with Gasteiger partial charge in [-0.05, 0) is 63.1 Å². The van der Waals surface area contributed by atoms with Gasteiger partial charge in [-0.2, -0.15) is 0 Å². The van der Waals surface area contributed by atoms with Gasteiger partial charge in [0.1, 0.15) is 11.2 Å². The fourth-order valence-corrected chi connectivity index (χ4v) is 5.02. The van der Waals surface area contributed by atoms with Crippen LogP contribution in [-0.2, 0) is 11.2 Å². The zero-order valence-electron chi connectivity index (χ0n) is 25.0. The second-order valence-corrected chi connectivity index (χ2v) is 12.7. The third-order valence-corrected chi connectivity index (χ3v) is 7.10. The number of alkyl carbamates (subject to hydrolysis) is 1. The van der Waals surface area contributed by atoms with Gasteiger partial charge in [-0.15, -0.1) is 4.91 Å². The first kappa shape index (κ1) is 31.8. The minimum Gasteiger partial charge on any atom is -0.504 e. The van der Waals surface area contributed by atoms with Crippen LogP contribution in [0.5, 0.6) is 11.5 Å². The number of benzene rings is 1. The van der Waals surface area contributed by atoms with E-state index in [1.807, 2.05) is 31.4 Å². The number of pyridine rings is 1. The van der Waals surface area contributed by atoms with Gasteiger partial charge in [0.25, 0.3) is 0 Å². The Balaban J connectivity index is 1.55. The molecule has 0 unspecified atom stereocenters. The number of ether oxygens (including phenoxy) is 2. The molecule has 3 rings (SSSR count). The summed E-state index contributed by atoms with van der Waals surface area (Å²) in [5, 5.41) is 15.9. The van der Waals surface area contributed by atoms with Crippen LogP contribution in [0.15, 0.2) is 34.4 Å². The summed E-state index contributed by atoms with van der Waals surface area (Å²) < 4.78 is 13.0. The molecular weight excluding hydrogens is 526 g/mol. The number of hydrogen-bond acceptors (Lipinski definition) is 7. The SMILES string of the molecule is CC(C)(C)OC(=O)NCCCCCCCCOc1cc2c(cc1O)-c1cc(=O)c(C(=O)N=O)cn1[C@@H](C(C)(C)C)C2. The average molecular weight is 570 g/mol. The van der Waals surface area contributed by atoms with Gasteiger partial charge in [0.15, 0.2) is 16.9 Å². The Bertz CT molecular complexity index is 1320. The summed E-state index contributed by atoms with van der Waals surface area (Å²) in [5.41, 5.74) is 0.620. The normalized spacial score (nSPS) is 14.5. The minimum atomic E-state index is -1.09. The highest BCUT2D eigenvalue weighted by Gasteiger charge is 2.34. The number of phenols is 1.